The van der Waals surface area contributed by atoms with E-state index in [9.17, 15) is 18.3 Å². The minimum atomic E-state index is -3.69. The molecular formula is C29H37ClN2O5S. The van der Waals surface area contributed by atoms with Crippen molar-refractivity contribution in [2.45, 2.75) is 38.7 Å². The lowest BCUT2D eigenvalue weighted by atomic mass is 10.0. The van der Waals surface area contributed by atoms with Crippen molar-refractivity contribution < 1.29 is 23.1 Å². The van der Waals surface area contributed by atoms with Gasteiger partial charge in [0, 0.05) is 6.54 Å². The van der Waals surface area contributed by atoms with Crippen molar-refractivity contribution in [2.24, 2.45) is 0 Å². The van der Waals surface area contributed by atoms with Gasteiger partial charge in [0.2, 0.25) is 10.0 Å². The molecule has 3 aromatic rings. The molecule has 0 saturated heterocycles. The monoisotopic (exact) mass is 560 g/mol. The zero-order valence-corrected chi connectivity index (χ0v) is 23.5. The number of hydrogen-bond donors (Lipinski definition) is 3. The predicted molar refractivity (Wildman–Crippen MR) is 154 cm³/mol. The Bertz CT molecular complexity index is 1250. The first-order valence-corrected chi connectivity index (χ1v) is 14.5. The third kappa shape index (κ3) is 10.1. The van der Waals surface area contributed by atoms with E-state index < -0.39 is 22.0 Å². The molecule has 7 nitrogen and oxygen atoms in total. The number of amides is 1. The van der Waals surface area contributed by atoms with Crippen molar-refractivity contribution >= 4 is 28.3 Å². The van der Waals surface area contributed by atoms with E-state index in [-0.39, 0.29) is 18.0 Å². The third-order valence-electron chi connectivity index (χ3n) is 5.91. The van der Waals surface area contributed by atoms with Gasteiger partial charge in [0.05, 0.1) is 24.5 Å². The number of halogens is 1. The quantitative estimate of drug-likeness (QED) is 0.242. The highest BCUT2D eigenvalue weighted by molar-refractivity contribution is 7.89. The summed E-state index contributed by atoms with van der Waals surface area (Å²) in [6, 6.07) is 22.9. The number of nitrogens with one attached hydrogen (secondary N) is 2. The number of hydrogen-bond acceptors (Lipinski definition) is 6. The Morgan fingerprint density at radius 1 is 0.974 bits per heavy atom. The maximum Gasteiger partial charge on any atom is 0.268 e. The van der Waals surface area contributed by atoms with Crippen molar-refractivity contribution in [3.8, 4) is 16.9 Å². The number of unbranched alkanes of at least 4 members (excludes halogenated alkanes) is 2. The summed E-state index contributed by atoms with van der Waals surface area (Å²) in [5, 5.41) is 13.6. The second-order valence-electron chi connectivity index (χ2n) is 9.05. The highest BCUT2D eigenvalue weighted by Gasteiger charge is 2.17. The molecule has 1 atom stereocenters. The molecule has 0 aliphatic heterocycles. The van der Waals surface area contributed by atoms with Gasteiger partial charge in [0.25, 0.3) is 5.91 Å². The Morgan fingerprint density at radius 2 is 1.66 bits per heavy atom. The van der Waals surface area contributed by atoms with Crippen LogP contribution in [0.3, 0.4) is 0 Å². The van der Waals surface area contributed by atoms with Gasteiger partial charge in [-0.15, -0.1) is 12.4 Å². The lowest BCUT2D eigenvalue weighted by molar-refractivity contribution is 0.0977. The third-order valence-corrected chi connectivity index (χ3v) is 6.47. The fourth-order valence-electron chi connectivity index (χ4n) is 3.89. The van der Waals surface area contributed by atoms with Crippen LogP contribution in [-0.4, -0.2) is 45.4 Å². The first-order valence-electron chi connectivity index (χ1n) is 12.6. The first-order chi connectivity index (χ1) is 17.8. The van der Waals surface area contributed by atoms with Gasteiger partial charge in [-0.05, 0) is 53.8 Å². The van der Waals surface area contributed by atoms with Crippen molar-refractivity contribution in [3.05, 3.63) is 89.5 Å². The van der Waals surface area contributed by atoms with Crippen LogP contribution in [0.25, 0.3) is 11.1 Å². The molecule has 0 aliphatic carbocycles. The number of sulfonamides is 1. The van der Waals surface area contributed by atoms with Gasteiger partial charge in [-0.2, -0.15) is 0 Å². The molecule has 0 bridgehead atoms. The van der Waals surface area contributed by atoms with Crippen LogP contribution in [-0.2, 0) is 16.4 Å². The summed E-state index contributed by atoms with van der Waals surface area (Å²) >= 11 is 0. The van der Waals surface area contributed by atoms with Crippen LogP contribution in [0.15, 0.2) is 72.8 Å². The molecular weight excluding hydrogens is 524 g/mol. The molecule has 1 amide bonds. The fourth-order valence-corrected chi connectivity index (χ4v) is 4.34. The number of aliphatic hydroxyl groups is 1. The van der Waals surface area contributed by atoms with Crippen LogP contribution < -0.4 is 14.8 Å². The molecule has 0 saturated carbocycles. The number of carbonyl (C=O) groups is 1. The largest absolute Gasteiger partial charge is 0.493 e. The summed E-state index contributed by atoms with van der Waals surface area (Å²) < 4.78 is 31.0. The van der Waals surface area contributed by atoms with Crippen LogP contribution in [0.5, 0.6) is 5.75 Å². The molecule has 38 heavy (non-hydrogen) atoms. The van der Waals surface area contributed by atoms with Gasteiger partial charge < -0.3 is 15.2 Å². The average molecular weight is 561 g/mol. The minimum absolute atomic E-state index is 0. The predicted octanol–water partition coefficient (Wildman–Crippen LogP) is 4.90. The lowest BCUT2D eigenvalue weighted by Gasteiger charge is -2.14. The molecule has 0 heterocycles. The number of rotatable bonds is 14. The Kier molecular flexibility index (Phi) is 12.8. The summed E-state index contributed by atoms with van der Waals surface area (Å²) in [7, 11) is -3.69. The number of ether oxygens (including phenoxy) is 1. The van der Waals surface area contributed by atoms with E-state index in [2.05, 4.69) is 24.4 Å². The summed E-state index contributed by atoms with van der Waals surface area (Å²) in [5.41, 5.74) is 4.08. The Morgan fingerprint density at radius 3 is 2.32 bits per heavy atom. The standard InChI is InChI=1S/C29H36N2O5S.ClH/c1-3-4-8-19-36-28-20-25(15-16-26(28)29(33)31-37(2,34)35)23-13-11-22(12-14-23)17-18-30-21-27(32)24-9-6-5-7-10-24;/h5-7,9-16,20,27,30,32H,3-4,8,17-19,21H2,1-2H3,(H,31,33);1H/t27-;/m0./s1. The van der Waals surface area contributed by atoms with Gasteiger partial charge in [-0.3, -0.25) is 4.79 Å². The van der Waals surface area contributed by atoms with E-state index >= 15 is 0 Å². The topological polar surface area (TPSA) is 105 Å². The zero-order valence-electron chi connectivity index (χ0n) is 21.9. The molecule has 0 aliphatic rings. The maximum atomic E-state index is 12.5. The Balaban J connectivity index is 0.00000507. The molecule has 0 fully saturated rings. The average Bonchev–Trinajstić information content (AvgIpc) is 2.89. The van der Waals surface area contributed by atoms with Crippen LogP contribution in [0.2, 0.25) is 0 Å². The van der Waals surface area contributed by atoms with E-state index in [1.807, 2.05) is 47.2 Å². The highest BCUT2D eigenvalue weighted by Crippen LogP contribution is 2.28. The Labute approximate surface area is 232 Å². The van der Waals surface area contributed by atoms with Gasteiger partial charge in [-0.1, -0.05) is 80.4 Å². The summed E-state index contributed by atoms with van der Waals surface area (Å²) in [4.78, 5) is 12.5. The number of carbonyl (C=O) groups excluding carboxylic acids is 1. The van der Waals surface area contributed by atoms with Crippen LogP contribution in [0.1, 0.15) is 53.8 Å². The molecule has 3 N–H and O–H groups in total. The van der Waals surface area contributed by atoms with Crippen LogP contribution >= 0.6 is 12.4 Å². The SMILES string of the molecule is CCCCCOc1cc(-c2ccc(CCNC[C@H](O)c3ccccc3)cc2)ccc1C(=O)NS(C)(=O)=O.Cl. The van der Waals surface area contributed by atoms with E-state index in [0.29, 0.717) is 18.9 Å². The van der Waals surface area contributed by atoms with Crippen LogP contribution in [0.4, 0.5) is 0 Å². The van der Waals surface area contributed by atoms with E-state index in [1.54, 1.807) is 18.2 Å². The van der Waals surface area contributed by atoms with Gasteiger partial charge in [-0.25, -0.2) is 13.1 Å². The fraction of sp³-hybridized carbons (Fsp3) is 0.345. The first kappa shape index (κ1) is 31.3. The van der Waals surface area contributed by atoms with Crippen molar-refractivity contribution in [2.75, 3.05) is 26.0 Å². The summed E-state index contributed by atoms with van der Waals surface area (Å²) in [6.07, 6.45) is 4.12. The molecule has 3 aromatic carbocycles. The van der Waals surface area contributed by atoms with Gasteiger partial charge in [0.15, 0.2) is 0 Å². The number of benzene rings is 3. The summed E-state index contributed by atoms with van der Waals surface area (Å²) in [6.45, 7) is 3.77. The molecule has 9 heteroatoms. The maximum absolute atomic E-state index is 12.5. The molecule has 0 aromatic heterocycles. The second-order valence-corrected chi connectivity index (χ2v) is 10.8. The zero-order chi connectivity index (χ0) is 26.7. The van der Waals surface area contributed by atoms with Gasteiger partial charge in [0.1, 0.15) is 5.75 Å². The van der Waals surface area contributed by atoms with Crippen molar-refractivity contribution in [1.82, 2.24) is 10.0 Å². The summed E-state index contributed by atoms with van der Waals surface area (Å²) in [5.74, 6) is -0.347. The van der Waals surface area contributed by atoms with E-state index in [4.69, 9.17) is 4.74 Å². The highest BCUT2D eigenvalue weighted by atomic mass is 35.5. The number of aliphatic hydroxyl groups excluding tert-OH is 1. The smallest absolute Gasteiger partial charge is 0.268 e. The lowest BCUT2D eigenvalue weighted by Crippen LogP contribution is -2.29. The minimum Gasteiger partial charge on any atom is -0.493 e. The second kappa shape index (κ2) is 15.5. The van der Waals surface area contributed by atoms with Crippen molar-refractivity contribution in [3.63, 3.8) is 0 Å². The Hall–Kier alpha value is -2.91. The molecule has 0 unspecified atom stereocenters. The van der Waals surface area contributed by atoms with Crippen LogP contribution in [0, 0.1) is 0 Å². The molecule has 206 valence electrons. The molecule has 3 rings (SSSR count). The van der Waals surface area contributed by atoms with E-state index in [1.165, 1.54) is 0 Å². The van der Waals surface area contributed by atoms with E-state index in [0.717, 1.165) is 60.7 Å². The van der Waals surface area contributed by atoms with Crippen molar-refractivity contribution in [1.29, 1.82) is 0 Å². The normalized spacial score (nSPS) is 11.9. The van der Waals surface area contributed by atoms with Gasteiger partial charge >= 0.3 is 0 Å². The molecule has 0 radical (unpaired) electrons. The molecule has 0 spiro atoms.